The lowest BCUT2D eigenvalue weighted by Crippen LogP contribution is -2.42. The van der Waals surface area contributed by atoms with Crippen LogP contribution >= 0.6 is 0 Å². The molecule has 0 heterocycles. The predicted octanol–water partition coefficient (Wildman–Crippen LogP) is 5.34. The van der Waals surface area contributed by atoms with Gasteiger partial charge in [-0.3, -0.25) is 0 Å². The highest BCUT2D eigenvalue weighted by atomic mass is 28.4. The van der Waals surface area contributed by atoms with Crippen LogP contribution in [-0.4, -0.2) is 30.1 Å². The zero-order chi connectivity index (χ0) is 15.8. The van der Waals surface area contributed by atoms with Crippen LogP contribution in [0.15, 0.2) is 12.7 Å². The number of hydrogen-bond acceptors (Lipinski definition) is 3. The maximum absolute atomic E-state index is 5.42. The lowest BCUT2D eigenvalue weighted by Gasteiger charge is -2.24. The van der Waals surface area contributed by atoms with Crippen LogP contribution in [0.4, 0.5) is 0 Å². The third-order valence-electron chi connectivity index (χ3n) is 4.07. The van der Waals surface area contributed by atoms with Crippen molar-refractivity contribution in [3.63, 3.8) is 0 Å². The van der Waals surface area contributed by atoms with Crippen LogP contribution in [0.5, 0.6) is 0 Å². The fourth-order valence-corrected chi connectivity index (χ4v) is 4.40. The Kier molecular flexibility index (Phi) is 14.6. The van der Waals surface area contributed by atoms with Crippen molar-refractivity contribution in [1.29, 1.82) is 0 Å². The molecule has 0 aromatic carbocycles. The quantitative estimate of drug-likeness (QED) is 0.218. The Morgan fingerprint density at radius 1 is 0.667 bits per heavy atom. The molecule has 4 heteroatoms. The smallest absolute Gasteiger partial charge is 0.377 e. The van der Waals surface area contributed by atoms with Gasteiger partial charge in [0.1, 0.15) is 0 Å². The highest BCUT2D eigenvalue weighted by Crippen LogP contribution is 2.18. The second-order valence-corrected chi connectivity index (χ2v) is 8.75. The van der Waals surface area contributed by atoms with E-state index in [1.54, 1.807) is 21.3 Å². The first kappa shape index (κ1) is 20.8. The highest BCUT2D eigenvalue weighted by Gasteiger charge is 2.36. The van der Waals surface area contributed by atoms with Gasteiger partial charge in [-0.25, -0.2) is 0 Å². The molecule has 0 saturated heterocycles. The van der Waals surface area contributed by atoms with E-state index >= 15 is 0 Å². The van der Waals surface area contributed by atoms with Gasteiger partial charge in [-0.1, -0.05) is 57.4 Å². The molecule has 0 spiro atoms. The van der Waals surface area contributed by atoms with Crippen molar-refractivity contribution >= 4 is 8.80 Å². The fourth-order valence-electron chi connectivity index (χ4n) is 2.60. The largest absolute Gasteiger partial charge is 0.500 e. The second kappa shape index (κ2) is 14.8. The summed E-state index contributed by atoms with van der Waals surface area (Å²) in [6.45, 7) is 3.75. The van der Waals surface area contributed by atoms with E-state index in [4.69, 9.17) is 13.3 Å². The highest BCUT2D eigenvalue weighted by molar-refractivity contribution is 6.60. The average molecular weight is 317 g/mol. The SMILES string of the molecule is C=CCCCCCCCCCCCC[Si](OC)(OC)OC. The normalized spacial score (nSPS) is 11.8. The number of hydrogen-bond donors (Lipinski definition) is 0. The third-order valence-corrected chi connectivity index (χ3v) is 6.91. The van der Waals surface area contributed by atoms with E-state index in [-0.39, 0.29) is 0 Å². The molecular weight excluding hydrogens is 280 g/mol. The van der Waals surface area contributed by atoms with Gasteiger partial charge in [0.15, 0.2) is 0 Å². The van der Waals surface area contributed by atoms with Crippen LogP contribution in [0.2, 0.25) is 6.04 Å². The molecule has 0 aromatic rings. The first-order valence-corrected chi connectivity index (χ1v) is 10.4. The van der Waals surface area contributed by atoms with Crippen LogP contribution in [0.25, 0.3) is 0 Å². The van der Waals surface area contributed by atoms with Crippen LogP contribution in [0.3, 0.4) is 0 Å². The summed E-state index contributed by atoms with van der Waals surface area (Å²) in [6.07, 6.45) is 16.5. The molecule has 0 unspecified atom stereocenters. The minimum absolute atomic E-state index is 0.930. The van der Waals surface area contributed by atoms with Crippen molar-refractivity contribution in [2.24, 2.45) is 0 Å². The van der Waals surface area contributed by atoms with E-state index in [1.165, 1.54) is 64.2 Å². The molecule has 21 heavy (non-hydrogen) atoms. The minimum atomic E-state index is -2.32. The van der Waals surface area contributed by atoms with Gasteiger partial charge >= 0.3 is 8.80 Å². The summed E-state index contributed by atoms with van der Waals surface area (Å²) in [6, 6.07) is 0.930. The van der Waals surface area contributed by atoms with Gasteiger partial charge in [0.25, 0.3) is 0 Å². The fraction of sp³-hybridized carbons (Fsp3) is 0.882. The van der Waals surface area contributed by atoms with Crippen molar-refractivity contribution in [3.05, 3.63) is 12.7 Å². The van der Waals surface area contributed by atoms with Crippen LogP contribution < -0.4 is 0 Å². The summed E-state index contributed by atoms with van der Waals surface area (Å²) in [4.78, 5) is 0. The van der Waals surface area contributed by atoms with Crippen LogP contribution in [0, 0.1) is 0 Å². The van der Waals surface area contributed by atoms with Gasteiger partial charge in [-0.15, -0.1) is 6.58 Å². The molecule has 0 radical (unpaired) electrons. The number of unbranched alkanes of at least 4 members (excludes halogenated alkanes) is 10. The van der Waals surface area contributed by atoms with E-state index in [1.807, 2.05) is 6.08 Å². The molecule has 0 aromatic heterocycles. The van der Waals surface area contributed by atoms with E-state index in [2.05, 4.69) is 6.58 Å². The minimum Gasteiger partial charge on any atom is -0.377 e. The molecule has 0 aliphatic carbocycles. The Morgan fingerprint density at radius 2 is 1.05 bits per heavy atom. The Balaban J connectivity index is 3.31. The Bertz CT molecular complexity index is 222. The average Bonchev–Trinajstić information content (AvgIpc) is 2.53. The molecule has 126 valence electrons. The van der Waals surface area contributed by atoms with Gasteiger partial charge < -0.3 is 13.3 Å². The maximum atomic E-state index is 5.42. The summed E-state index contributed by atoms with van der Waals surface area (Å²) >= 11 is 0. The van der Waals surface area contributed by atoms with Gasteiger partial charge in [-0.05, 0) is 19.3 Å². The van der Waals surface area contributed by atoms with Gasteiger partial charge in [0.05, 0.1) is 0 Å². The van der Waals surface area contributed by atoms with E-state index in [0.717, 1.165) is 12.5 Å². The first-order chi connectivity index (χ1) is 10.2. The number of allylic oxidation sites excluding steroid dienone is 1. The van der Waals surface area contributed by atoms with E-state index in [0.29, 0.717) is 0 Å². The summed E-state index contributed by atoms with van der Waals surface area (Å²) in [5.41, 5.74) is 0. The molecule has 0 aliphatic heterocycles. The molecule has 0 amide bonds. The zero-order valence-electron chi connectivity index (χ0n) is 14.5. The standard InChI is InChI=1S/C17H36O3Si/c1-5-6-7-8-9-10-11-12-13-14-15-16-17-21(18-2,19-3)20-4/h5H,1,6-17H2,2-4H3. The maximum Gasteiger partial charge on any atom is 0.500 e. The van der Waals surface area contributed by atoms with E-state index in [9.17, 15) is 0 Å². The molecule has 3 nitrogen and oxygen atoms in total. The molecule has 0 bridgehead atoms. The zero-order valence-corrected chi connectivity index (χ0v) is 15.5. The molecule has 0 atom stereocenters. The van der Waals surface area contributed by atoms with Crippen molar-refractivity contribution < 1.29 is 13.3 Å². The molecule has 0 aliphatic rings. The van der Waals surface area contributed by atoms with Crippen molar-refractivity contribution in [2.45, 2.75) is 76.7 Å². The molecule has 0 fully saturated rings. The van der Waals surface area contributed by atoms with Gasteiger partial charge in [0.2, 0.25) is 0 Å². The summed E-state index contributed by atoms with van der Waals surface area (Å²) < 4.78 is 16.3. The molecule has 0 N–H and O–H groups in total. The lowest BCUT2D eigenvalue weighted by atomic mass is 10.1. The van der Waals surface area contributed by atoms with Crippen molar-refractivity contribution in [2.75, 3.05) is 21.3 Å². The Labute approximate surface area is 133 Å². The molecule has 0 saturated carbocycles. The molecular formula is C17H36O3Si. The van der Waals surface area contributed by atoms with Crippen molar-refractivity contribution in [1.82, 2.24) is 0 Å². The van der Waals surface area contributed by atoms with Gasteiger partial charge in [0, 0.05) is 27.4 Å². The monoisotopic (exact) mass is 316 g/mol. The summed E-state index contributed by atoms with van der Waals surface area (Å²) in [5.74, 6) is 0. The van der Waals surface area contributed by atoms with Gasteiger partial charge in [-0.2, -0.15) is 0 Å². The predicted molar refractivity (Wildman–Crippen MR) is 92.6 cm³/mol. The topological polar surface area (TPSA) is 27.7 Å². The number of rotatable bonds is 16. The van der Waals surface area contributed by atoms with Crippen LogP contribution in [0.1, 0.15) is 70.6 Å². The van der Waals surface area contributed by atoms with Crippen molar-refractivity contribution in [3.8, 4) is 0 Å². The second-order valence-electron chi connectivity index (χ2n) is 5.66. The molecule has 0 rings (SSSR count). The van der Waals surface area contributed by atoms with E-state index < -0.39 is 8.80 Å². The Morgan fingerprint density at radius 3 is 1.43 bits per heavy atom. The Hall–Kier alpha value is -0.163. The third kappa shape index (κ3) is 11.1. The summed E-state index contributed by atoms with van der Waals surface area (Å²) in [7, 11) is 2.74. The first-order valence-electron chi connectivity index (χ1n) is 8.51. The van der Waals surface area contributed by atoms with Crippen LogP contribution in [-0.2, 0) is 13.3 Å². The summed E-state index contributed by atoms with van der Waals surface area (Å²) in [5, 5.41) is 0. The lowest BCUT2D eigenvalue weighted by molar-refractivity contribution is 0.122.